The van der Waals surface area contributed by atoms with Gasteiger partial charge in [-0.05, 0) is 0 Å². The van der Waals surface area contributed by atoms with E-state index >= 15 is 0 Å². The van der Waals surface area contributed by atoms with E-state index in [9.17, 15) is 9.59 Å². The lowest BCUT2D eigenvalue weighted by molar-refractivity contribution is 0.0589. The molecule has 0 radical (unpaired) electrons. The molecule has 6 heteroatoms. The molecule has 1 amide bonds. The van der Waals surface area contributed by atoms with Gasteiger partial charge in [0.25, 0.3) is 5.91 Å². The van der Waals surface area contributed by atoms with Gasteiger partial charge < -0.3 is 14.9 Å². The molecule has 0 saturated heterocycles. The number of esters is 1. The van der Waals surface area contributed by atoms with E-state index in [1.165, 1.54) is 7.11 Å². The van der Waals surface area contributed by atoms with Gasteiger partial charge in [0.05, 0.1) is 7.11 Å². The fourth-order valence-electron chi connectivity index (χ4n) is 0.663. The molecular formula is C6H6N2O4. The summed E-state index contributed by atoms with van der Waals surface area (Å²) in [4.78, 5) is 24.9. The summed E-state index contributed by atoms with van der Waals surface area (Å²) in [5, 5.41) is 0. The summed E-state index contributed by atoms with van der Waals surface area (Å²) in [6, 6.07) is 0. The third-order valence-corrected chi connectivity index (χ3v) is 1.17. The zero-order valence-electron chi connectivity index (χ0n) is 6.23. The van der Waals surface area contributed by atoms with Crippen molar-refractivity contribution in [3.05, 3.63) is 17.8 Å². The molecule has 0 aromatic carbocycles. The van der Waals surface area contributed by atoms with Gasteiger partial charge in [-0.25, -0.2) is 9.78 Å². The van der Waals surface area contributed by atoms with E-state index in [1.54, 1.807) is 0 Å². The minimum absolute atomic E-state index is 0.204. The molecule has 1 aromatic heterocycles. The summed E-state index contributed by atoms with van der Waals surface area (Å²) in [6.45, 7) is 0. The van der Waals surface area contributed by atoms with Crippen LogP contribution in [0.2, 0.25) is 0 Å². The molecule has 0 saturated carbocycles. The predicted molar refractivity (Wildman–Crippen MR) is 36.4 cm³/mol. The first-order valence-electron chi connectivity index (χ1n) is 2.98. The van der Waals surface area contributed by atoms with Crippen molar-refractivity contribution in [3.63, 3.8) is 0 Å². The molecular weight excluding hydrogens is 164 g/mol. The monoisotopic (exact) mass is 170 g/mol. The zero-order chi connectivity index (χ0) is 9.14. The van der Waals surface area contributed by atoms with Crippen LogP contribution in [0.3, 0.4) is 0 Å². The molecule has 1 aromatic rings. The number of carbonyl (C=O) groups is 2. The number of amides is 1. The minimum atomic E-state index is -0.854. The number of nitrogens with two attached hydrogens (primary N) is 1. The molecule has 0 aliphatic rings. The Labute approximate surface area is 67.3 Å². The van der Waals surface area contributed by atoms with E-state index in [-0.39, 0.29) is 11.5 Å². The van der Waals surface area contributed by atoms with Gasteiger partial charge in [0.1, 0.15) is 0 Å². The van der Waals surface area contributed by atoms with Crippen molar-refractivity contribution in [3.8, 4) is 0 Å². The molecule has 0 bridgehead atoms. The van der Waals surface area contributed by atoms with Crippen LogP contribution in [-0.2, 0) is 4.74 Å². The Morgan fingerprint density at radius 1 is 1.67 bits per heavy atom. The normalized spacial score (nSPS) is 9.42. The van der Waals surface area contributed by atoms with Gasteiger partial charge in [-0.2, -0.15) is 0 Å². The highest BCUT2D eigenvalue weighted by Crippen LogP contribution is 2.06. The molecule has 6 nitrogen and oxygen atoms in total. The van der Waals surface area contributed by atoms with Crippen LogP contribution in [0.15, 0.2) is 10.8 Å². The first-order valence-corrected chi connectivity index (χ1v) is 2.98. The van der Waals surface area contributed by atoms with Crippen molar-refractivity contribution < 1.29 is 18.7 Å². The quantitative estimate of drug-likeness (QED) is 0.607. The fraction of sp³-hybridized carbons (Fsp3) is 0.167. The second-order valence-corrected chi connectivity index (χ2v) is 1.89. The second-order valence-electron chi connectivity index (χ2n) is 1.89. The van der Waals surface area contributed by atoms with E-state index in [0.29, 0.717) is 0 Å². The van der Waals surface area contributed by atoms with Crippen molar-refractivity contribution in [1.29, 1.82) is 0 Å². The third kappa shape index (κ3) is 1.26. The smallest absolute Gasteiger partial charge is 0.360 e. The summed E-state index contributed by atoms with van der Waals surface area (Å²) in [5.74, 6) is -1.90. The van der Waals surface area contributed by atoms with Crippen LogP contribution in [0.5, 0.6) is 0 Å². The number of hydrogen-bond donors (Lipinski definition) is 1. The first-order chi connectivity index (χ1) is 5.66. The van der Waals surface area contributed by atoms with Crippen molar-refractivity contribution in [2.24, 2.45) is 5.73 Å². The highest BCUT2D eigenvalue weighted by molar-refractivity contribution is 6.01. The maximum Gasteiger partial charge on any atom is 0.360 e. The molecule has 1 rings (SSSR count). The topological polar surface area (TPSA) is 95.4 Å². The summed E-state index contributed by atoms with van der Waals surface area (Å²) in [5.41, 5.74) is 4.67. The minimum Gasteiger partial charge on any atom is -0.464 e. The Bertz CT molecular complexity index is 317. The fourth-order valence-corrected chi connectivity index (χ4v) is 0.663. The van der Waals surface area contributed by atoms with Crippen molar-refractivity contribution in [1.82, 2.24) is 4.98 Å². The molecule has 0 spiro atoms. The van der Waals surface area contributed by atoms with Gasteiger partial charge in [-0.1, -0.05) is 0 Å². The molecule has 0 aliphatic carbocycles. The third-order valence-electron chi connectivity index (χ3n) is 1.17. The summed E-state index contributed by atoms with van der Waals surface area (Å²) in [7, 11) is 1.17. The Hall–Kier alpha value is -1.85. The molecule has 64 valence electrons. The van der Waals surface area contributed by atoms with Gasteiger partial charge in [0.2, 0.25) is 5.76 Å². The van der Waals surface area contributed by atoms with Crippen molar-refractivity contribution in [2.45, 2.75) is 0 Å². The van der Waals surface area contributed by atoms with Crippen LogP contribution < -0.4 is 5.73 Å². The lowest BCUT2D eigenvalue weighted by Gasteiger charge is -1.93. The second kappa shape index (κ2) is 3.04. The SMILES string of the molecule is COC(=O)c1ncoc1C(N)=O. The maximum atomic E-state index is 10.8. The predicted octanol–water partition coefficient (Wildman–Crippen LogP) is -0.440. The lowest BCUT2D eigenvalue weighted by Crippen LogP contribution is -2.15. The van der Waals surface area contributed by atoms with Crippen molar-refractivity contribution >= 4 is 11.9 Å². The molecule has 12 heavy (non-hydrogen) atoms. The standard InChI is InChI=1S/C6H6N2O4/c1-11-6(10)3-4(5(7)9)12-2-8-3/h2H,1H3,(H2,7,9). The van der Waals surface area contributed by atoms with E-state index in [1.807, 2.05) is 0 Å². The Balaban J connectivity index is 3.07. The Kier molecular flexibility index (Phi) is 2.09. The van der Waals surface area contributed by atoms with E-state index in [4.69, 9.17) is 5.73 Å². The van der Waals surface area contributed by atoms with Crippen LogP contribution >= 0.6 is 0 Å². The van der Waals surface area contributed by atoms with Gasteiger partial charge in [0, 0.05) is 0 Å². The molecule has 0 fully saturated rings. The first kappa shape index (κ1) is 8.25. The molecule has 0 unspecified atom stereocenters. The largest absolute Gasteiger partial charge is 0.464 e. The molecule has 0 atom stereocenters. The van der Waals surface area contributed by atoms with Crippen LogP contribution in [0, 0.1) is 0 Å². The number of ether oxygens (including phenoxy) is 1. The van der Waals surface area contributed by atoms with Gasteiger partial charge >= 0.3 is 5.97 Å². The van der Waals surface area contributed by atoms with Crippen LogP contribution in [0.25, 0.3) is 0 Å². The van der Waals surface area contributed by atoms with Crippen LogP contribution in [-0.4, -0.2) is 24.0 Å². The Morgan fingerprint density at radius 2 is 2.33 bits per heavy atom. The van der Waals surface area contributed by atoms with Crippen LogP contribution in [0.4, 0.5) is 0 Å². The average Bonchev–Trinajstić information content (AvgIpc) is 2.50. The van der Waals surface area contributed by atoms with E-state index in [2.05, 4.69) is 14.1 Å². The maximum absolute atomic E-state index is 10.8. The van der Waals surface area contributed by atoms with Crippen LogP contribution in [0.1, 0.15) is 21.0 Å². The van der Waals surface area contributed by atoms with E-state index < -0.39 is 11.9 Å². The number of primary amides is 1. The van der Waals surface area contributed by atoms with Gasteiger partial charge in [-0.15, -0.1) is 0 Å². The lowest BCUT2D eigenvalue weighted by atomic mass is 10.3. The number of aromatic nitrogens is 1. The number of oxazole rings is 1. The van der Waals surface area contributed by atoms with Gasteiger partial charge in [0.15, 0.2) is 12.1 Å². The summed E-state index contributed by atoms with van der Waals surface area (Å²) >= 11 is 0. The zero-order valence-corrected chi connectivity index (χ0v) is 6.23. The number of methoxy groups -OCH3 is 1. The number of hydrogen-bond acceptors (Lipinski definition) is 5. The molecule has 1 heterocycles. The van der Waals surface area contributed by atoms with Gasteiger partial charge in [-0.3, -0.25) is 4.79 Å². The highest BCUT2D eigenvalue weighted by atomic mass is 16.5. The highest BCUT2D eigenvalue weighted by Gasteiger charge is 2.20. The average molecular weight is 170 g/mol. The number of rotatable bonds is 2. The summed E-state index contributed by atoms with van der Waals surface area (Å²) in [6.07, 6.45) is 0.951. The molecule has 0 aliphatic heterocycles. The summed E-state index contributed by atoms with van der Waals surface area (Å²) < 4.78 is 8.88. The number of carbonyl (C=O) groups excluding carboxylic acids is 2. The molecule has 2 N–H and O–H groups in total. The Morgan fingerprint density at radius 3 is 2.83 bits per heavy atom. The van der Waals surface area contributed by atoms with Crippen molar-refractivity contribution in [2.75, 3.05) is 7.11 Å². The van der Waals surface area contributed by atoms with E-state index in [0.717, 1.165) is 6.39 Å². The number of nitrogens with zero attached hydrogens (tertiary/aromatic N) is 1.